The second kappa shape index (κ2) is 6.98. The second-order valence-electron chi connectivity index (χ2n) is 7.12. The number of nitrogens with one attached hydrogen (secondary N) is 2. The standard InChI is InChI=1S/C18H25FN2O4/c1-9(2)25-17(24)21-14-7-6-12-10(3)13(19)8-15(20-11(4)22)18(12,5)16(14)23/h8-9,12,14H,6-7H2,1-5H3,(H,20,22)(H,21,24)/t12?,14-,18?/m0/s1. The highest BCUT2D eigenvalue weighted by molar-refractivity contribution is 5.96. The third-order valence-electron chi connectivity index (χ3n) is 4.94. The van der Waals surface area contributed by atoms with Crippen molar-refractivity contribution in [3.8, 4) is 0 Å². The van der Waals surface area contributed by atoms with Crippen LogP contribution >= 0.6 is 0 Å². The molecule has 7 heteroatoms. The SMILES string of the molecule is CC(=O)NC1=CC(F)=C(C)C2CC[C@H](NC(=O)OC(C)C)C(=O)C12C. The Hall–Kier alpha value is -2.18. The molecule has 25 heavy (non-hydrogen) atoms. The Kier molecular flexibility index (Phi) is 5.34. The monoisotopic (exact) mass is 352 g/mol. The maximum atomic E-state index is 14.2. The molecular formula is C18H25FN2O4. The molecule has 2 aliphatic rings. The molecule has 1 saturated carbocycles. The van der Waals surface area contributed by atoms with E-state index in [2.05, 4.69) is 10.6 Å². The van der Waals surface area contributed by atoms with E-state index in [1.807, 2.05) is 0 Å². The van der Waals surface area contributed by atoms with Gasteiger partial charge in [0.05, 0.1) is 17.6 Å². The van der Waals surface area contributed by atoms with Crippen LogP contribution in [0.15, 0.2) is 23.2 Å². The van der Waals surface area contributed by atoms with Crippen LogP contribution in [-0.2, 0) is 14.3 Å². The van der Waals surface area contributed by atoms with Gasteiger partial charge in [-0.1, -0.05) is 0 Å². The zero-order valence-corrected chi connectivity index (χ0v) is 15.2. The minimum absolute atomic E-state index is 0.238. The summed E-state index contributed by atoms with van der Waals surface area (Å²) in [7, 11) is 0. The first-order chi connectivity index (χ1) is 11.6. The van der Waals surface area contributed by atoms with Crippen LogP contribution in [-0.4, -0.2) is 29.9 Å². The third kappa shape index (κ3) is 3.60. The molecular weight excluding hydrogens is 327 g/mol. The number of halogens is 1. The number of hydrogen-bond donors (Lipinski definition) is 2. The fourth-order valence-corrected chi connectivity index (χ4v) is 3.70. The molecule has 0 heterocycles. The second-order valence-corrected chi connectivity index (χ2v) is 7.12. The molecule has 0 bridgehead atoms. The van der Waals surface area contributed by atoms with Crippen LogP contribution < -0.4 is 10.6 Å². The van der Waals surface area contributed by atoms with E-state index in [1.165, 1.54) is 13.0 Å². The number of fused-ring (bicyclic) bond motifs is 1. The van der Waals surface area contributed by atoms with Gasteiger partial charge >= 0.3 is 6.09 Å². The molecule has 2 unspecified atom stereocenters. The maximum absolute atomic E-state index is 14.2. The molecule has 2 rings (SSSR count). The predicted octanol–water partition coefficient (Wildman–Crippen LogP) is 2.75. The quantitative estimate of drug-likeness (QED) is 0.818. The van der Waals surface area contributed by atoms with Crippen LogP contribution in [0.4, 0.5) is 9.18 Å². The number of amides is 2. The molecule has 0 aromatic heterocycles. The maximum Gasteiger partial charge on any atom is 0.407 e. The molecule has 2 N–H and O–H groups in total. The van der Waals surface area contributed by atoms with Gasteiger partial charge in [-0.05, 0) is 52.2 Å². The van der Waals surface area contributed by atoms with Crippen molar-refractivity contribution in [2.45, 2.75) is 59.6 Å². The molecule has 0 aliphatic heterocycles. The Morgan fingerprint density at radius 3 is 2.56 bits per heavy atom. The Morgan fingerprint density at radius 1 is 1.36 bits per heavy atom. The van der Waals surface area contributed by atoms with Gasteiger partial charge in [-0.3, -0.25) is 9.59 Å². The van der Waals surface area contributed by atoms with E-state index in [0.29, 0.717) is 18.4 Å². The average molecular weight is 352 g/mol. The van der Waals surface area contributed by atoms with Crippen LogP contribution in [0.3, 0.4) is 0 Å². The number of carbonyl (C=O) groups is 3. The first-order valence-electron chi connectivity index (χ1n) is 8.44. The summed E-state index contributed by atoms with van der Waals surface area (Å²) in [6.45, 7) is 8.10. The molecule has 0 aromatic carbocycles. The van der Waals surface area contributed by atoms with E-state index >= 15 is 0 Å². The van der Waals surface area contributed by atoms with E-state index in [0.717, 1.165) is 0 Å². The van der Waals surface area contributed by atoms with E-state index in [1.54, 1.807) is 27.7 Å². The van der Waals surface area contributed by atoms with E-state index < -0.39 is 23.4 Å². The first-order valence-corrected chi connectivity index (χ1v) is 8.44. The summed E-state index contributed by atoms with van der Waals surface area (Å²) in [6, 6.07) is -0.737. The number of ether oxygens (including phenoxy) is 1. The van der Waals surface area contributed by atoms with Gasteiger partial charge in [0.15, 0.2) is 5.78 Å². The van der Waals surface area contributed by atoms with E-state index in [9.17, 15) is 18.8 Å². The number of rotatable bonds is 3. The van der Waals surface area contributed by atoms with Gasteiger partial charge < -0.3 is 15.4 Å². The fourth-order valence-electron chi connectivity index (χ4n) is 3.70. The number of hydrogen-bond acceptors (Lipinski definition) is 4. The van der Waals surface area contributed by atoms with Crippen molar-refractivity contribution >= 4 is 17.8 Å². The zero-order chi connectivity index (χ0) is 18.9. The van der Waals surface area contributed by atoms with Crippen molar-refractivity contribution in [3.63, 3.8) is 0 Å². The van der Waals surface area contributed by atoms with Gasteiger partial charge in [0.1, 0.15) is 5.83 Å². The highest BCUT2D eigenvalue weighted by atomic mass is 19.1. The molecule has 3 atom stereocenters. The minimum atomic E-state index is -1.10. The van der Waals surface area contributed by atoms with Crippen molar-refractivity contribution in [2.24, 2.45) is 11.3 Å². The molecule has 138 valence electrons. The molecule has 2 aliphatic carbocycles. The molecule has 0 aromatic rings. The fraction of sp³-hybridized carbons (Fsp3) is 0.611. The third-order valence-corrected chi connectivity index (χ3v) is 4.94. The van der Waals surface area contributed by atoms with Gasteiger partial charge in [0, 0.05) is 18.5 Å². The highest BCUT2D eigenvalue weighted by Gasteiger charge is 2.53. The first kappa shape index (κ1) is 19.1. The molecule has 0 radical (unpaired) electrons. The van der Waals surface area contributed by atoms with Crippen LogP contribution in [0.25, 0.3) is 0 Å². The molecule has 2 amide bonds. The largest absolute Gasteiger partial charge is 0.447 e. The summed E-state index contributed by atoms with van der Waals surface area (Å²) < 4.78 is 19.3. The summed E-state index contributed by atoms with van der Waals surface area (Å²) in [5, 5.41) is 5.19. The normalized spacial score (nSPS) is 29.1. The lowest BCUT2D eigenvalue weighted by molar-refractivity contribution is -0.133. The average Bonchev–Trinajstić information content (AvgIpc) is 2.48. The summed E-state index contributed by atoms with van der Waals surface area (Å²) in [5.41, 5.74) is -0.366. The minimum Gasteiger partial charge on any atom is -0.447 e. The smallest absolute Gasteiger partial charge is 0.407 e. The van der Waals surface area contributed by atoms with Crippen molar-refractivity contribution in [1.29, 1.82) is 0 Å². The lowest BCUT2D eigenvalue weighted by Gasteiger charge is -2.46. The van der Waals surface area contributed by atoms with Gasteiger partial charge in [-0.15, -0.1) is 0 Å². The van der Waals surface area contributed by atoms with Gasteiger partial charge in [-0.25, -0.2) is 9.18 Å². The summed E-state index contributed by atoms with van der Waals surface area (Å²) in [4.78, 5) is 36.5. The lowest BCUT2D eigenvalue weighted by Crippen LogP contribution is -2.57. The van der Waals surface area contributed by atoms with Crippen LogP contribution in [0.1, 0.15) is 47.5 Å². The Morgan fingerprint density at radius 2 is 2.00 bits per heavy atom. The molecule has 0 saturated heterocycles. The van der Waals surface area contributed by atoms with Gasteiger partial charge in [-0.2, -0.15) is 0 Å². The Labute approximate surface area is 146 Å². The van der Waals surface area contributed by atoms with Crippen LogP contribution in [0, 0.1) is 11.3 Å². The number of carbonyl (C=O) groups excluding carboxylic acids is 3. The van der Waals surface area contributed by atoms with Crippen molar-refractivity contribution < 1.29 is 23.5 Å². The molecule has 0 spiro atoms. The number of ketones is 1. The van der Waals surface area contributed by atoms with Crippen LogP contribution in [0.5, 0.6) is 0 Å². The predicted molar refractivity (Wildman–Crippen MR) is 90.1 cm³/mol. The van der Waals surface area contributed by atoms with Crippen molar-refractivity contribution in [2.75, 3.05) is 0 Å². The van der Waals surface area contributed by atoms with E-state index in [-0.39, 0.29) is 29.4 Å². The number of allylic oxidation sites excluding steroid dienone is 4. The Bertz CT molecular complexity index is 668. The van der Waals surface area contributed by atoms with Gasteiger partial charge in [0.25, 0.3) is 0 Å². The summed E-state index contributed by atoms with van der Waals surface area (Å²) in [5.74, 6) is -1.41. The lowest BCUT2D eigenvalue weighted by atomic mass is 9.59. The summed E-state index contributed by atoms with van der Waals surface area (Å²) in [6.07, 6.45) is 1.16. The molecule has 1 fully saturated rings. The van der Waals surface area contributed by atoms with Crippen molar-refractivity contribution in [1.82, 2.24) is 10.6 Å². The highest BCUT2D eigenvalue weighted by Crippen LogP contribution is 2.50. The number of alkyl carbamates (subject to hydrolysis) is 1. The number of Topliss-reactive ketones (excluding diaryl/α,β-unsaturated/α-hetero) is 1. The Balaban J connectivity index is 2.32. The van der Waals surface area contributed by atoms with Crippen molar-refractivity contribution in [3.05, 3.63) is 23.2 Å². The van der Waals surface area contributed by atoms with Crippen LogP contribution in [0.2, 0.25) is 0 Å². The zero-order valence-electron chi connectivity index (χ0n) is 15.2. The topological polar surface area (TPSA) is 84.5 Å². The summed E-state index contributed by atoms with van der Waals surface area (Å²) >= 11 is 0. The van der Waals surface area contributed by atoms with E-state index in [4.69, 9.17) is 4.74 Å². The molecule has 6 nitrogen and oxygen atoms in total. The van der Waals surface area contributed by atoms with Gasteiger partial charge in [0.2, 0.25) is 5.91 Å².